The van der Waals surface area contributed by atoms with Crippen LogP contribution in [-0.2, 0) is 11.3 Å². The average Bonchev–Trinajstić information content (AvgIpc) is 2.49. The third-order valence-corrected chi connectivity index (χ3v) is 3.32. The number of carbonyl (C=O) groups is 1. The van der Waals surface area contributed by atoms with Crippen molar-refractivity contribution in [2.75, 3.05) is 26.6 Å². The van der Waals surface area contributed by atoms with Crippen molar-refractivity contribution in [3.8, 4) is 11.5 Å². The summed E-state index contributed by atoms with van der Waals surface area (Å²) in [6, 6.07) is 5.66. The summed E-state index contributed by atoms with van der Waals surface area (Å²) in [5, 5.41) is 0. The van der Waals surface area contributed by atoms with Gasteiger partial charge in [-0.2, -0.15) is 0 Å². The summed E-state index contributed by atoms with van der Waals surface area (Å²) in [5.41, 5.74) is 0.918. The van der Waals surface area contributed by atoms with Crippen LogP contribution < -0.4 is 9.47 Å². The molecule has 0 unspecified atom stereocenters. The van der Waals surface area contributed by atoms with Crippen LogP contribution in [0.3, 0.4) is 0 Å². The monoisotopic (exact) mass is 299 g/mol. The van der Waals surface area contributed by atoms with E-state index in [-0.39, 0.29) is 11.8 Å². The van der Waals surface area contributed by atoms with E-state index in [1.807, 2.05) is 18.2 Å². The van der Waals surface area contributed by atoms with Gasteiger partial charge in [-0.15, -0.1) is 11.6 Å². The number of unbranched alkanes of at least 4 members (excludes halogenated alkanes) is 1. The van der Waals surface area contributed by atoms with Gasteiger partial charge in [0.1, 0.15) is 5.88 Å². The molecule has 0 aromatic heterocycles. The molecule has 0 fully saturated rings. The van der Waals surface area contributed by atoms with Crippen LogP contribution in [-0.4, -0.2) is 37.5 Å². The molecule has 5 heteroatoms. The van der Waals surface area contributed by atoms with Gasteiger partial charge in [0.05, 0.1) is 14.2 Å². The molecule has 0 aliphatic carbocycles. The molecule has 4 nitrogen and oxygen atoms in total. The number of benzene rings is 1. The molecule has 0 N–H and O–H groups in total. The van der Waals surface area contributed by atoms with Crippen LogP contribution in [0, 0.1) is 0 Å². The molecule has 0 spiro atoms. The minimum absolute atomic E-state index is 0.00397. The van der Waals surface area contributed by atoms with E-state index >= 15 is 0 Å². The highest BCUT2D eigenvalue weighted by molar-refractivity contribution is 6.27. The van der Waals surface area contributed by atoms with E-state index in [4.69, 9.17) is 21.1 Å². The number of alkyl halides is 1. The third-order valence-electron chi connectivity index (χ3n) is 3.09. The van der Waals surface area contributed by atoms with E-state index in [1.165, 1.54) is 0 Å². The average molecular weight is 300 g/mol. The lowest BCUT2D eigenvalue weighted by Crippen LogP contribution is -2.32. The molecule has 0 saturated carbocycles. The number of rotatable bonds is 8. The molecule has 1 rings (SSSR count). The second-order valence-corrected chi connectivity index (χ2v) is 4.72. The fraction of sp³-hybridized carbons (Fsp3) is 0.533. The molecule has 1 amide bonds. The van der Waals surface area contributed by atoms with Gasteiger partial charge in [0.15, 0.2) is 11.5 Å². The van der Waals surface area contributed by atoms with Crippen molar-refractivity contribution in [1.82, 2.24) is 4.90 Å². The molecule has 1 aromatic carbocycles. The van der Waals surface area contributed by atoms with E-state index in [0.717, 1.165) is 18.4 Å². The number of halogens is 1. The minimum atomic E-state index is -0.0648. The van der Waals surface area contributed by atoms with Crippen molar-refractivity contribution in [2.24, 2.45) is 0 Å². The van der Waals surface area contributed by atoms with Crippen molar-refractivity contribution >= 4 is 17.5 Å². The topological polar surface area (TPSA) is 38.8 Å². The highest BCUT2D eigenvalue weighted by Gasteiger charge is 2.16. The molecular formula is C15H22ClNO3. The molecule has 0 aliphatic heterocycles. The summed E-state index contributed by atoms with van der Waals surface area (Å²) in [6.07, 6.45) is 1.98. The third kappa shape index (κ3) is 4.30. The Labute approximate surface area is 125 Å². The molecule has 0 aliphatic rings. The summed E-state index contributed by atoms with van der Waals surface area (Å²) >= 11 is 5.68. The van der Waals surface area contributed by atoms with Crippen LogP contribution in [0.25, 0.3) is 0 Å². The minimum Gasteiger partial charge on any atom is -0.493 e. The van der Waals surface area contributed by atoms with Crippen LogP contribution in [0.5, 0.6) is 11.5 Å². The number of para-hydroxylation sites is 1. The molecular weight excluding hydrogens is 278 g/mol. The summed E-state index contributed by atoms with van der Waals surface area (Å²) in [5.74, 6) is 1.26. The predicted molar refractivity (Wildman–Crippen MR) is 80.6 cm³/mol. The van der Waals surface area contributed by atoms with Crippen LogP contribution >= 0.6 is 11.6 Å². The summed E-state index contributed by atoms with van der Waals surface area (Å²) < 4.78 is 10.7. The fourth-order valence-electron chi connectivity index (χ4n) is 2.01. The van der Waals surface area contributed by atoms with Crippen molar-refractivity contribution in [3.05, 3.63) is 23.8 Å². The van der Waals surface area contributed by atoms with Crippen molar-refractivity contribution in [2.45, 2.75) is 26.3 Å². The van der Waals surface area contributed by atoms with Gasteiger partial charge in [-0.3, -0.25) is 4.79 Å². The van der Waals surface area contributed by atoms with Gasteiger partial charge in [-0.05, 0) is 12.5 Å². The first-order valence-electron chi connectivity index (χ1n) is 6.71. The van der Waals surface area contributed by atoms with Crippen molar-refractivity contribution < 1.29 is 14.3 Å². The maximum atomic E-state index is 11.9. The molecule has 0 saturated heterocycles. The first kappa shape index (κ1) is 16.6. The lowest BCUT2D eigenvalue weighted by molar-refractivity contribution is -0.129. The summed E-state index contributed by atoms with van der Waals surface area (Å²) in [4.78, 5) is 13.7. The Morgan fingerprint density at radius 1 is 1.30 bits per heavy atom. The summed E-state index contributed by atoms with van der Waals surface area (Å²) in [7, 11) is 3.20. The lowest BCUT2D eigenvalue weighted by atomic mass is 10.1. The first-order chi connectivity index (χ1) is 9.67. The van der Waals surface area contributed by atoms with E-state index in [2.05, 4.69) is 6.92 Å². The van der Waals surface area contributed by atoms with Crippen molar-refractivity contribution in [1.29, 1.82) is 0 Å². The van der Waals surface area contributed by atoms with Gasteiger partial charge < -0.3 is 14.4 Å². The van der Waals surface area contributed by atoms with Crippen LogP contribution in [0.2, 0.25) is 0 Å². The number of nitrogens with zero attached hydrogens (tertiary/aromatic N) is 1. The smallest absolute Gasteiger partial charge is 0.237 e. The number of ether oxygens (including phenoxy) is 2. The number of carbonyl (C=O) groups excluding carboxylic acids is 1. The SMILES string of the molecule is CCCCN(Cc1cccc(OC)c1OC)C(=O)CCl. The number of methoxy groups -OCH3 is 2. The largest absolute Gasteiger partial charge is 0.493 e. The maximum absolute atomic E-state index is 11.9. The Hall–Kier alpha value is -1.42. The summed E-state index contributed by atoms with van der Waals surface area (Å²) in [6.45, 7) is 3.27. The molecule has 0 bridgehead atoms. The zero-order chi connectivity index (χ0) is 15.0. The van der Waals surface area contributed by atoms with Gasteiger partial charge in [0.2, 0.25) is 5.91 Å². The van der Waals surface area contributed by atoms with Gasteiger partial charge in [-0.1, -0.05) is 25.5 Å². The quantitative estimate of drug-likeness (QED) is 0.693. The highest BCUT2D eigenvalue weighted by Crippen LogP contribution is 2.31. The Morgan fingerprint density at radius 3 is 2.60 bits per heavy atom. The van der Waals surface area contributed by atoms with Gasteiger partial charge >= 0.3 is 0 Å². The van der Waals surface area contributed by atoms with Gasteiger partial charge in [0.25, 0.3) is 0 Å². The number of hydrogen-bond donors (Lipinski definition) is 0. The lowest BCUT2D eigenvalue weighted by Gasteiger charge is -2.23. The molecule has 20 heavy (non-hydrogen) atoms. The standard InChI is InChI=1S/C15H22ClNO3/c1-4-5-9-17(14(18)10-16)11-12-7-6-8-13(19-2)15(12)20-3/h6-8H,4-5,9-11H2,1-3H3. The zero-order valence-corrected chi connectivity index (χ0v) is 13.1. The molecule has 112 valence electrons. The van der Waals surface area contributed by atoms with Gasteiger partial charge in [-0.25, -0.2) is 0 Å². The number of amides is 1. The first-order valence-corrected chi connectivity index (χ1v) is 7.24. The Kier molecular flexibility index (Phi) is 7.23. The highest BCUT2D eigenvalue weighted by atomic mass is 35.5. The van der Waals surface area contributed by atoms with Crippen LogP contribution in [0.4, 0.5) is 0 Å². The zero-order valence-electron chi connectivity index (χ0n) is 12.3. The predicted octanol–water partition coefficient (Wildman–Crippen LogP) is 3.07. The maximum Gasteiger partial charge on any atom is 0.237 e. The Bertz CT molecular complexity index is 437. The normalized spacial score (nSPS) is 10.2. The molecule has 0 atom stereocenters. The van der Waals surface area contributed by atoms with E-state index in [1.54, 1.807) is 19.1 Å². The van der Waals surface area contributed by atoms with E-state index in [0.29, 0.717) is 24.6 Å². The molecule has 0 heterocycles. The molecule has 0 radical (unpaired) electrons. The second kappa shape index (κ2) is 8.69. The van der Waals surface area contributed by atoms with E-state index in [9.17, 15) is 4.79 Å². The van der Waals surface area contributed by atoms with Crippen molar-refractivity contribution in [3.63, 3.8) is 0 Å². The van der Waals surface area contributed by atoms with Gasteiger partial charge in [0, 0.05) is 18.7 Å². The van der Waals surface area contributed by atoms with Crippen LogP contribution in [0.1, 0.15) is 25.3 Å². The molecule has 1 aromatic rings. The Balaban J connectivity index is 2.95. The Morgan fingerprint density at radius 2 is 2.05 bits per heavy atom. The van der Waals surface area contributed by atoms with Crippen LogP contribution in [0.15, 0.2) is 18.2 Å². The number of hydrogen-bond acceptors (Lipinski definition) is 3. The fourth-order valence-corrected chi connectivity index (χ4v) is 2.18. The van der Waals surface area contributed by atoms with E-state index < -0.39 is 0 Å². The second-order valence-electron chi connectivity index (χ2n) is 4.46.